The minimum Gasteiger partial charge on any atom is -0.493 e. The van der Waals surface area contributed by atoms with E-state index in [1.54, 1.807) is 24.3 Å². The van der Waals surface area contributed by atoms with Gasteiger partial charge in [-0.3, -0.25) is 4.79 Å². The predicted molar refractivity (Wildman–Crippen MR) is 111 cm³/mol. The van der Waals surface area contributed by atoms with Crippen LogP contribution in [0.5, 0.6) is 11.5 Å². The zero-order valence-electron chi connectivity index (χ0n) is 17.9. The first kappa shape index (κ1) is 21.2. The van der Waals surface area contributed by atoms with Gasteiger partial charge in [0.25, 0.3) is 5.91 Å². The monoisotopic (exact) mass is 401 g/mol. The van der Waals surface area contributed by atoms with E-state index in [9.17, 15) is 9.59 Å². The van der Waals surface area contributed by atoms with Gasteiger partial charge in [0.05, 0.1) is 14.2 Å². The molecule has 1 aromatic carbocycles. The van der Waals surface area contributed by atoms with Crippen molar-refractivity contribution in [1.82, 2.24) is 5.32 Å². The summed E-state index contributed by atoms with van der Waals surface area (Å²) in [6.07, 6.45) is 6.41. The van der Waals surface area contributed by atoms with Crippen LogP contribution in [-0.4, -0.2) is 38.7 Å². The molecular weight excluding hydrogens is 370 g/mol. The molecule has 6 heteroatoms. The van der Waals surface area contributed by atoms with Crippen LogP contribution in [-0.2, 0) is 14.3 Å². The van der Waals surface area contributed by atoms with E-state index in [1.165, 1.54) is 26.7 Å². The lowest BCUT2D eigenvalue weighted by atomic mass is 9.69. The molecule has 0 unspecified atom stereocenters. The van der Waals surface area contributed by atoms with E-state index in [2.05, 4.69) is 30.8 Å². The maximum absolute atomic E-state index is 12.5. The van der Waals surface area contributed by atoms with Crippen LogP contribution in [0.1, 0.15) is 45.6 Å². The van der Waals surface area contributed by atoms with Crippen LogP contribution in [0.4, 0.5) is 0 Å². The molecule has 0 saturated heterocycles. The highest BCUT2D eigenvalue weighted by Crippen LogP contribution is 2.65. The van der Waals surface area contributed by atoms with E-state index >= 15 is 0 Å². The van der Waals surface area contributed by atoms with Crippen molar-refractivity contribution in [3.63, 3.8) is 0 Å². The number of ether oxygens (including phenoxy) is 3. The number of benzene rings is 1. The summed E-state index contributed by atoms with van der Waals surface area (Å²) in [4.78, 5) is 23.8. The average Bonchev–Trinajstić information content (AvgIpc) is 3.04. The first-order valence-electron chi connectivity index (χ1n) is 10.1. The van der Waals surface area contributed by atoms with Gasteiger partial charge >= 0.3 is 5.97 Å². The van der Waals surface area contributed by atoms with Gasteiger partial charge in [-0.2, -0.15) is 0 Å². The standard InChI is InChI=1S/C23H31NO5/c1-22(2)16-10-11-23(22,3)19(13-16)24-20(25)14-29-17-8-6-15(12-18(17)27-4)7-9-21(26)28-5/h6-9,12,16,19H,10-11,13-14H2,1-5H3,(H,24,25)/b9-7+/t16-,19-,23+/m1/s1. The minimum atomic E-state index is -0.432. The molecule has 3 rings (SSSR count). The first-order valence-corrected chi connectivity index (χ1v) is 10.1. The number of esters is 1. The number of nitrogens with one attached hydrogen (secondary N) is 1. The number of hydrogen-bond donors (Lipinski definition) is 1. The van der Waals surface area contributed by atoms with E-state index < -0.39 is 5.97 Å². The van der Waals surface area contributed by atoms with Gasteiger partial charge in [-0.15, -0.1) is 0 Å². The molecule has 158 valence electrons. The molecule has 0 heterocycles. The molecule has 1 amide bonds. The van der Waals surface area contributed by atoms with E-state index in [0.29, 0.717) is 17.4 Å². The van der Waals surface area contributed by atoms with E-state index in [1.807, 2.05) is 0 Å². The fraction of sp³-hybridized carbons (Fsp3) is 0.565. The lowest BCUT2D eigenvalue weighted by Gasteiger charge is -2.39. The van der Waals surface area contributed by atoms with Crippen LogP contribution in [0.25, 0.3) is 6.08 Å². The van der Waals surface area contributed by atoms with E-state index in [-0.39, 0.29) is 29.4 Å². The SMILES string of the molecule is COC(=O)/C=C/c1ccc(OCC(=O)N[C@@H]2C[C@H]3CC[C@]2(C)C3(C)C)c(OC)c1. The Morgan fingerprint density at radius 2 is 1.97 bits per heavy atom. The first-order chi connectivity index (χ1) is 13.7. The summed E-state index contributed by atoms with van der Waals surface area (Å²) < 4.78 is 15.7. The Hall–Kier alpha value is -2.50. The molecule has 2 aliphatic rings. The second kappa shape index (κ2) is 8.09. The Morgan fingerprint density at radius 1 is 1.21 bits per heavy atom. The fourth-order valence-corrected chi connectivity index (χ4v) is 4.94. The molecule has 2 aliphatic carbocycles. The molecule has 29 heavy (non-hydrogen) atoms. The largest absolute Gasteiger partial charge is 0.493 e. The van der Waals surface area contributed by atoms with E-state index in [4.69, 9.17) is 9.47 Å². The number of carbonyl (C=O) groups is 2. The van der Waals surface area contributed by atoms with Crippen molar-refractivity contribution in [2.45, 2.75) is 46.1 Å². The van der Waals surface area contributed by atoms with Crippen LogP contribution in [0.3, 0.4) is 0 Å². The topological polar surface area (TPSA) is 73.9 Å². The summed E-state index contributed by atoms with van der Waals surface area (Å²) in [6, 6.07) is 5.45. The highest BCUT2D eigenvalue weighted by molar-refractivity contribution is 5.87. The van der Waals surface area contributed by atoms with E-state index in [0.717, 1.165) is 18.4 Å². The molecule has 1 aromatic rings. The molecule has 3 atom stereocenters. The Labute approximate surface area is 172 Å². The summed E-state index contributed by atoms with van der Waals surface area (Å²) in [5.74, 6) is 1.11. The zero-order chi connectivity index (χ0) is 21.2. The van der Waals surface area contributed by atoms with Gasteiger partial charge in [0.1, 0.15) is 0 Å². The quantitative estimate of drug-likeness (QED) is 0.558. The predicted octanol–water partition coefficient (Wildman–Crippen LogP) is 3.59. The zero-order valence-corrected chi connectivity index (χ0v) is 17.9. The molecule has 6 nitrogen and oxygen atoms in total. The molecule has 0 aromatic heterocycles. The molecule has 2 bridgehead atoms. The van der Waals surface area contributed by atoms with Crippen molar-refractivity contribution in [2.75, 3.05) is 20.8 Å². The van der Waals surface area contributed by atoms with Crippen molar-refractivity contribution in [1.29, 1.82) is 0 Å². The second-order valence-corrected chi connectivity index (χ2v) is 8.79. The minimum absolute atomic E-state index is 0.0641. The summed E-state index contributed by atoms with van der Waals surface area (Å²) >= 11 is 0. The third-order valence-corrected chi connectivity index (χ3v) is 7.29. The smallest absolute Gasteiger partial charge is 0.330 e. The molecule has 2 saturated carbocycles. The van der Waals surface area contributed by atoms with Crippen molar-refractivity contribution in [2.24, 2.45) is 16.7 Å². The number of fused-ring (bicyclic) bond motifs is 2. The third-order valence-electron chi connectivity index (χ3n) is 7.29. The Balaban J connectivity index is 1.59. The van der Waals surface area contributed by atoms with Gasteiger partial charge in [0, 0.05) is 12.1 Å². The van der Waals surface area contributed by atoms with Crippen LogP contribution >= 0.6 is 0 Å². The van der Waals surface area contributed by atoms with Gasteiger partial charge in [0.2, 0.25) is 0 Å². The number of rotatable bonds is 7. The normalized spacial score (nSPS) is 27.1. The highest BCUT2D eigenvalue weighted by Gasteiger charge is 2.61. The lowest BCUT2D eigenvalue weighted by molar-refractivity contribution is -0.134. The van der Waals surface area contributed by atoms with Crippen molar-refractivity contribution < 1.29 is 23.8 Å². The maximum atomic E-state index is 12.5. The highest BCUT2D eigenvalue weighted by atomic mass is 16.5. The molecular formula is C23H31NO5. The average molecular weight is 402 g/mol. The van der Waals surface area contributed by atoms with Crippen LogP contribution in [0, 0.1) is 16.7 Å². The van der Waals surface area contributed by atoms with Gasteiger partial charge in [-0.05, 0) is 59.8 Å². The third kappa shape index (κ3) is 3.98. The van der Waals surface area contributed by atoms with Crippen molar-refractivity contribution in [3.05, 3.63) is 29.8 Å². The van der Waals surface area contributed by atoms with Crippen LogP contribution in [0.2, 0.25) is 0 Å². The summed E-state index contributed by atoms with van der Waals surface area (Å²) in [6.45, 7) is 6.89. The second-order valence-electron chi connectivity index (χ2n) is 8.79. The van der Waals surface area contributed by atoms with Gasteiger partial charge in [0.15, 0.2) is 18.1 Å². The Bertz CT molecular complexity index is 815. The molecule has 0 aliphatic heterocycles. The summed E-state index contributed by atoms with van der Waals surface area (Å²) in [5, 5.41) is 3.20. The number of carbonyl (C=O) groups excluding carboxylic acids is 2. The van der Waals surface area contributed by atoms with Gasteiger partial charge in [-0.1, -0.05) is 26.8 Å². The Morgan fingerprint density at radius 3 is 2.55 bits per heavy atom. The van der Waals surface area contributed by atoms with Gasteiger partial charge in [-0.25, -0.2) is 4.79 Å². The molecule has 0 spiro atoms. The maximum Gasteiger partial charge on any atom is 0.330 e. The molecule has 0 radical (unpaired) electrons. The van der Waals surface area contributed by atoms with Crippen LogP contribution in [0.15, 0.2) is 24.3 Å². The van der Waals surface area contributed by atoms with Crippen LogP contribution < -0.4 is 14.8 Å². The molecule has 1 N–H and O–H groups in total. The molecule has 2 fully saturated rings. The van der Waals surface area contributed by atoms with Crippen molar-refractivity contribution >= 4 is 18.0 Å². The fourth-order valence-electron chi connectivity index (χ4n) is 4.94. The number of methoxy groups -OCH3 is 2. The number of amides is 1. The lowest BCUT2D eigenvalue weighted by Crippen LogP contribution is -2.48. The number of hydrogen-bond acceptors (Lipinski definition) is 5. The summed E-state index contributed by atoms with van der Waals surface area (Å²) in [7, 11) is 2.86. The van der Waals surface area contributed by atoms with Crippen molar-refractivity contribution in [3.8, 4) is 11.5 Å². The van der Waals surface area contributed by atoms with Gasteiger partial charge < -0.3 is 19.5 Å². The Kier molecular flexibility index (Phi) is 5.92. The summed E-state index contributed by atoms with van der Waals surface area (Å²) in [5.41, 5.74) is 1.16.